The van der Waals surface area contributed by atoms with E-state index >= 15 is 0 Å². The van der Waals surface area contributed by atoms with Gasteiger partial charge in [-0.2, -0.15) is 0 Å². The lowest BCUT2D eigenvalue weighted by Crippen LogP contribution is -2.43. The van der Waals surface area contributed by atoms with Crippen LogP contribution >= 0.6 is 28.3 Å². The molecular formula is C16H21BrClFN2O. The number of amides is 1. The zero-order valence-electron chi connectivity index (χ0n) is 12.4. The van der Waals surface area contributed by atoms with Crippen molar-refractivity contribution in [2.75, 3.05) is 19.6 Å². The maximum absolute atomic E-state index is 13.3. The van der Waals surface area contributed by atoms with E-state index in [9.17, 15) is 9.18 Å². The van der Waals surface area contributed by atoms with Crippen LogP contribution in [0, 0.1) is 11.7 Å². The van der Waals surface area contributed by atoms with Crippen molar-refractivity contribution in [3.8, 4) is 0 Å². The van der Waals surface area contributed by atoms with Gasteiger partial charge in [0.1, 0.15) is 5.82 Å². The van der Waals surface area contributed by atoms with E-state index in [2.05, 4.69) is 21.2 Å². The molecule has 6 heteroatoms. The monoisotopic (exact) mass is 390 g/mol. The predicted octanol–water partition coefficient (Wildman–Crippen LogP) is 3.61. The molecular weight excluding hydrogens is 371 g/mol. The van der Waals surface area contributed by atoms with Crippen LogP contribution in [-0.4, -0.2) is 36.5 Å². The Labute approximate surface area is 145 Å². The highest BCUT2D eigenvalue weighted by Gasteiger charge is 2.30. The minimum Gasteiger partial charge on any atom is -0.339 e. The second kappa shape index (κ2) is 7.75. The molecule has 0 radical (unpaired) electrons. The molecule has 0 saturated carbocycles. The fraction of sp³-hybridized carbons (Fsp3) is 0.562. The zero-order valence-corrected chi connectivity index (χ0v) is 14.8. The Bertz CT molecular complexity index is 529. The van der Waals surface area contributed by atoms with Gasteiger partial charge >= 0.3 is 0 Å². The van der Waals surface area contributed by atoms with E-state index < -0.39 is 0 Å². The Morgan fingerprint density at radius 3 is 2.64 bits per heavy atom. The molecule has 3 rings (SSSR count). The number of benzene rings is 1. The van der Waals surface area contributed by atoms with Crippen molar-refractivity contribution in [1.29, 1.82) is 0 Å². The minimum atomic E-state index is -0.369. The number of piperidine rings is 1. The number of hydrogen-bond donors (Lipinski definition) is 1. The summed E-state index contributed by atoms with van der Waals surface area (Å²) in [5.74, 6) is 0.235. The van der Waals surface area contributed by atoms with Crippen LogP contribution in [0.25, 0.3) is 0 Å². The van der Waals surface area contributed by atoms with E-state index in [0.717, 1.165) is 32.5 Å². The third-order valence-electron chi connectivity index (χ3n) is 4.65. The molecule has 2 fully saturated rings. The topological polar surface area (TPSA) is 32.3 Å². The molecule has 1 amide bonds. The fourth-order valence-corrected chi connectivity index (χ4v) is 3.87. The Kier molecular flexibility index (Phi) is 6.24. The van der Waals surface area contributed by atoms with E-state index in [-0.39, 0.29) is 24.1 Å². The molecule has 2 saturated heterocycles. The Balaban J connectivity index is 0.00000176. The van der Waals surface area contributed by atoms with E-state index in [0.29, 0.717) is 22.0 Å². The van der Waals surface area contributed by atoms with Crippen molar-refractivity contribution in [1.82, 2.24) is 10.2 Å². The molecule has 0 bridgehead atoms. The first-order valence-electron chi connectivity index (χ1n) is 7.63. The molecule has 1 atom stereocenters. The summed E-state index contributed by atoms with van der Waals surface area (Å²) in [5, 5.41) is 3.56. The molecule has 0 aromatic heterocycles. The summed E-state index contributed by atoms with van der Waals surface area (Å²) < 4.78 is 14.0. The molecule has 2 aliphatic rings. The van der Waals surface area contributed by atoms with Crippen molar-refractivity contribution in [2.45, 2.75) is 31.7 Å². The quantitative estimate of drug-likeness (QED) is 0.835. The first kappa shape index (κ1) is 17.7. The highest BCUT2D eigenvalue weighted by Crippen LogP contribution is 2.27. The summed E-state index contributed by atoms with van der Waals surface area (Å²) >= 11 is 3.34. The first-order chi connectivity index (χ1) is 10.1. The number of carbonyl (C=O) groups excluding carboxylic acids is 1. The molecule has 0 spiro atoms. The molecule has 1 unspecified atom stereocenters. The van der Waals surface area contributed by atoms with Gasteiger partial charge in [-0.25, -0.2) is 4.39 Å². The average molecular weight is 392 g/mol. The molecule has 2 heterocycles. The van der Waals surface area contributed by atoms with Crippen molar-refractivity contribution in [3.05, 3.63) is 34.1 Å². The van der Waals surface area contributed by atoms with Crippen molar-refractivity contribution >= 4 is 34.2 Å². The van der Waals surface area contributed by atoms with Crippen LogP contribution in [0.4, 0.5) is 4.39 Å². The number of halogens is 3. The number of rotatable bonds is 2. The first-order valence-corrected chi connectivity index (χ1v) is 8.42. The highest BCUT2D eigenvalue weighted by atomic mass is 79.9. The number of likely N-dealkylation sites (tertiary alicyclic amines) is 1. The lowest BCUT2D eigenvalue weighted by Gasteiger charge is -2.35. The van der Waals surface area contributed by atoms with Gasteiger partial charge in [0, 0.05) is 23.6 Å². The normalized spacial score (nSPS) is 22.5. The van der Waals surface area contributed by atoms with Gasteiger partial charge in [0.15, 0.2) is 0 Å². The van der Waals surface area contributed by atoms with Crippen LogP contribution in [0.5, 0.6) is 0 Å². The molecule has 1 aromatic rings. The molecule has 22 heavy (non-hydrogen) atoms. The Morgan fingerprint density at radius 1 is 1.27 bits per heavy atom. The largest absolute Gasteiger partial charge is 0.339 e. The SMILES string of the molecule is Cl.O=C(c1cc(F)ccc1Br)N1CCC(C2CCCN2)CC1. The van der Waals surface area contributed by atoms with Gasteiger partial charge < -0.3 is 10.2 Å². The molecule has 3 nitrogen and oxygen atoms in total. The summed E-state index contributed by atoms with van der Waals surface area (Å²) in [4.78, 5) is 14.4. The van der Waals surface area contributed by atoms with Gasteiger partial charge in [0.25, 0.3) is 5.91 Å². The summed E-state index contributed by atoms with van der Waals surface area (Å²) in [6.45, 7) is 2.66. The number of nitrogens with one attached hydrogen (secondary N) is 1. The Morgan fingerprint density at radius 2 is 2.00 bits per heavy atom. The molecule has 1 aromatic carbocycles. The number of carbonyl (C=O) groups is 1. The summed E-state index contributed by atoms with van der Waals surface area (Å²) in [6.07, 6.45) is 4.60. The van der Waals surface area contributed by atoms with Gasteiger partial charge in [0.2, 0.25) is 0 Å². The van der Waals surface area contributed by atoms with Crippen molar-refractivity contribution < 1.29 is 9.18 Å². The average Bonchev–Trinajstić information content (AvgIpc) is 3.03. The second-order valence-electron chi connectivity index (χ2n) is 5.96. The van der Waals surface area contributed by atoms with Crippen LogP contribution in [-0.2, 0) is 0 Å². The van der Waals surface area contributed by atoms with E-state index in [1.165, 1.54) is 25.0 Å². The molecule has 2 aliphatic heterocycles. The summed E-state index contributed by atoms with van der Waals surface area (Å²) in [6, 6.07) is 4.90. The maximum atomic E-state index is 13.3. The number of hydrogen-bond acceptors (Lipinski definition) is 2. The predicted molar refractivity (Wildman–Crippen MR) is 91.0 cm³/mol. The van der Waals surface area contributed by atoms with Gasteiger partial charge in [-0.05, 0) is 72.3 Å². The van der Waals surface area contributed by atoms with E-state index in [4.69, 9.17) is 0 Å². The minimum absolute atomic E-state index is 0. The lowest BCUT2D eigenvalue weighted by molar-refractivity contribution is 0.0673. The Hall–Kier alpha value is -0.650. The van der Waals surface area contributed by atoms with Gasteiger partial charge in [-0.3, -0.25) is 4.79 Å². The maximum Gasteiger partial charge on any atom is 0.255 e. The van der Waals surface area contributed by atoms with Crippen LogP contribution in [0.15, 0.2) is 22.7 Å². The highest BCUT2D eigenvalue weighted by molar-refractivity contribution is 9.10. The van der Waals surface area contributed by atoms with Gasteiger partial charge in [-0.1, -0.05) is 0 Å². The van der Waals surface area contributed by atoms with Crippen molar-refractivity contribution in [3.63, 3.8) is 0 Å². The second-order valence-corrected chi connectivity index (χ2v) is 6.81. The number of nitrogens with zero attached hydrogens (tertiary/aromatic N) is 1. The summed E-state index contributed by atoms with van der Waals surface area (Å²) in [5.41, 5.74) is 0.424. The van der Waals surface area contributed by atoms with Gasteiger partial charge in [0.05, 0.1) is 5.56 Å². The van der Waals surface area contributed by atoms with Crippen LogP contribution < -0.4 is 5.32 Å². The van der Waals surface area contributed by atoms with Crippen LogP contribution in [0.3, 0.4) is 0 Å². The third-order valence-corrected chi connectivity index (χ3v) is 5.34. The smallest absolute Gasteiger partial charge is 0.255 e. The molecule has 1 N–H and O–H groups in total. The third kappa shape index (κ3) is 3.81. The van der Waals surface area contributed by atoms with Crippen molar-refractivity contribution in [2.24, 2.45) is 5.92 Å². The van der Waals surface area contributed by atoms with Gasteiger partial charge in [-0.15, -0.1) is 12.4 Å². The zero-order chi connectivity index (χ0) is 14.8. The van der Waals surface area contributed by atoms with E-state index in [1.54, 1.807) is 6.07 Å². The van der Waals surface area contributed by atoms with Crippen LogP contribution in [0.1, 0.15) is 36.0 Å². The fourth-order valence-electron chi connectivity index (χ4n) is 3.45. The standard InChI is InChI=1S/C16H20BrFN2O.ClH/c17-14-4-3-12(18)10-13(14)16(21)20-8-5-11(6-9-20)15-2-1-7-19-15;/h3-4,10-11,15,19H,1-2,5-9H2;1H. The molecule has 122 valence electrons. The molecule has 0 aliphatic carbocycles. The lowest BCUT2D eigenvalue weighted by atomic mass is 9.88. The van der Waals surface area contributed by atoms with Crippen LogP contribution in [0.2, 0.25) is 0 Å². The summed E-state index contributed by atoms with van der Waals surface area (Å²) in [7, 11) is 0. The van der Waals surface area contributed by atoms with E-state index in [1.807, 2.05) is 4.90 Å².